The van der Waals surface area contributed by atoms with E-state index in [2.05, 4.69) is 5.32 Å². The molecule has 0 bridgehead atoms. The Bertz CT molecular complexity index is 828. The molecule has 0 saturated heterocycles. The summed E-state index contributed by atoms with van der Waals surface area (Å²) in [6, 6.07) is 13.7. The standard InChI is InChI=1S/C20H22N2O5/c1-20(2,3)27-19(24)21-17(12-14-8-5-4-6-9-14)18(23)15-10-7-11-16(13-15)22(25)26/h4-11,13,17H,12H2,1-3H3,(H,21,24)/t17-/m0/s1. The molecular formula is C20H22N2O5. The van der Waals surface area contributed by atoms with Crippen LogP contribution in [0, 0.1) is 10.1 Å². The molecule has 1 N–H and O–H groups in total. The zero-order valence-electron chi connectivity index (χ0n) is 15.5. The second-order valence-electron chi connectivity index (χ2n) is 7.06. The Hall–Kier alpha value is -3.22. The van der Waals surface area contributed by atoms with Crippen molar-refractivity contribution in [2.75, 3.05) is 0 Å². The van der Waals surface area contributed by atoms with Crippen LogP contribution in [0.2, 0.25) is 0 Å². The van der Waals surface area contributed by atoms with E-state index in [0.717, 1.165) is 5.56 Å². The maximum absolute atomic E-state index is 12.9. The number of hydrogen-bond donors (Lipinski definition) is 1. The van der Waals surface area contributed by atoms with Crippen LogP contribution in [0.15, 0.2) is 54.6 Å². The van der Waals surface area contributed by atoms with Crippen LogP contribution in [-0.4, -0.2) is 28.4 Å². The Morgan fingerprint density at radius 1 is 1.11 bits per heavy atom. The second-order valence-corrected chi connectivity index (χ2v) is 7.06. The van der Waals surface area contributed by atoms with Crippen molar-refractivity contribution in [1.82, 2.24) is 5.32 Å². The van der Waals surface area contributed by atoms with Gasteiger partial charge in [-0.25, -0.2) is 4.79 Å². The van der Waals surface area contributed by atoms with E-state index in [-0.39, 0.29) is 17.7 Å². The first-order valence-electron chi connectivity index (χ1n) is 8.48. The number of nitro benzene ring substituents is 1. The van der Waals surface area contributed by atoms with Crippen LogP contribution in [0.1, 0.15) is 36.7 Å². The van der Waals surface area contributed by atoms with Crippen molar-refractivity contribution >= 4 is 17.6 Å². The van der Waals surface area contributed by atoms with Crippen LogP contribution in [0.25, 0.3) is 0 Å². The van der Waals surface area contributed by atoms with Crippen molar-refractivity contribution < 1.29 is 19.2 Å². The van der Waals surface area contributed by atoms with Crippen LogP contribution in [0.4, 0.5) is 10.5 Å². The van der Waals surface area contributed by atoms with E-state index in [9.17, 15) is 19.7 Å². The number of Topliss-reactive ketones (excluding diaryl/α,β-unsaturated/α-hetero) is 1. The fraction of sp³-hybridized carbons (Fsp3) is 0.300. The monoisotopic (exact) mass is 370 g/mol. The highest BCUT2D eigenvalue weighted by atomic mass is 16.6. The van der Waals surface area contributed by atoms with Gasteiger partial charge >= 0.3 is 6.09 Å². The number of nitrogens with one attached hydrogen (secondary N) is 1. The first kappa shape index (κ1) is 20.1. The van der Waals surface area contributed by atoms with Crippen LogP contribution in [-0.2, 0) is 11.2 Å². The minimum absolute atomic E-state index is 0.154. The zero-order chi connectivity index (χ0) is 20.0. The molecule has 7 heteroatoms. The van der Waals surface area contributed by atoms with Crippen molar-refractivity contribution in [1.29, 1.82) is 0 Å². The number of non-ortho nitro benzene ring substituents is 1. The molecule has 1 amide bonds. The normalized spacial score (nSPS) is 12.1. The number of hydrogen-bond acceptors (Lipinski definition) is 5. The molecule has 27 heavy (non-hydrogen) atoms. The molecule has 2 aromatic rings. The Kier molecular flexibility index (Phi) is 6.28. The summed E-state index contributed by atoms with van der Waals surface area (Å²) in [7, 11) is 0. The van der Waals surface area contributed by atoms with Gasteiger partial charge in [0.25, 0.3) is 5.69 Å². The van der Waals surface area contributed by atoms with Gasteiger partial charge in [0.15, 0.2) is 5.78 Å². The number of carbonyl (C=O) groups excluding carboxylic acids is 2. The van der Waals surface area contributed by atoms with Gasteiger partial charge in [-0.3, -0.25) is 14.9 Å². The number of nitrogens with zero attached hydrogens (tertiary/aromatic N) is 1. The third-order valence-corrected chi connectivity index (χ3v) is 3.63. The van der Waals surface area contributed by atoms with Crippen molar-refractivity contribution in [2.24, 2.45) is 0 Å². The number of ether oxygens (including phenoxy) is 1. The second kappa shape index (κ2) is 8.44. The van der Waals surface area contributed by atoms with Gasteiger partial charge in [0.2, 0.25) is 0 Å². The molecule has 0 aliphatic carbocycles. The predicted molar refractivity (Wildman–Crippen MR) is 101 cm³/mol. The number of benzene rings is 2. The largest absolute Gasteiger partial charge is 0.444 e. The molecule has 0 radical (unpaired) electrons. The Labute approximate surface area is 157 Å². The Balaban J connectivity index is 2.27. The molecule has 0 aliphatic rings. The lowest BCUT2D eigenvalue weighted by molar-refractivity contribution is -0.384. The van der Waals surface area contributed by atoms with Gasteiger partial charge in [-0.1, -0.05) is 42.5 Å². The summed E-state index contributed by atoms with van der Waals surface area (Å²) < 4.78 is 5.24. The maximum atomic E-state index is 12.9. The van der Waals surface area contributed by atoms with Gasteiger partial charge in [0.1, 0.15) is 5.60 Å². The summed E-state index contributed by atoms with van der Waals surface area (Å²) in [5, 5.41) is 13.6. The Morgan fingerprint density at radius 3 is 2.37 bits per heavy atom. The van der Waals surface area contributed by atoms with Gasteiger partial charge in [0, 0.05) is 24.1 Å². The summed E-state index contributed by atoms with van der Waals surface area (Å²) >= 11 is 0. The van der Waals surface area contributed by atoms with E-state index in [1.807, 2.05) is 30.3 Å². The molecule has 2 rings (SSSR count). The lowest BCUT2D eigenvalue weighted by Gasteiger charge is -2.23. The summed E-state index contributed by atoms with van der Waals surface area (Å²) in [4.78, 5) is 35.5. The average Bonchev–Trinajstić information content (AvgIpc) is 2.60. The van der Waals surface area contributed by atoms with Crippen molar-refractivity contribution in [2.45, 2.75) is 38.8 Å². The van der Waals surface area contributed by atoms with Crippen molar-refractivity contribution in [3.05, 3.63) is 75.8 Å². The van der Waals surface area contributed by atoms with E-state index in [1.165, 1.54) is 24.3 Å². The maximum Gasteiger partial charge on any atom is 0.408 e. The third-order valence-electron chi connectivity index (χ3n) is 3.63. The van der Waals surface area contributed by atoms with Crippen LogP contribution in [0.3, 0.4) is 0 Å². The molecule has 1 atom stereocenters. The number of nitro groups is 1. The first-order valence-corrected chi connectivity index (χ1v) is 8.48. The molecule has 2 aromatic carbocycles. The minimum Gasteiger partial charge on any atom is -0.444 e. The molecule has 0 aromatic heterocycles. The molecule has 0 heterocycles. The van der Waals surface area contributed by atoms with Gasteiger partial charge < -0.3 is 10.1 Å². The SMILES string of the molecule is CC(C)(C)OC(=O)N[C@@H](Cc1ccccc1)C(=O)c1cccc([N+](=O)[O-])c1. The molecule has 142 valence electrons. The molecular weight excluding hydrogens is 348 g/mol. The number of ketones is 1. The molecule has 0 aliphatic heterocycles. The average molecular weight is 370 g/mol. The summed E-state index contributed by atoms with van der Waals surface area (Å²) in [6.07, 6.45) is -0.482. The molecule has 7 nitrogen and oxygen atoms in total. The fourth-order valence-corrected chi connectivity index (χ4v) is 2.48. The summed E-state index contributed by atoms with van der Waals surface area (Å²) in [5.41, 5.74) is 0.103. The Morgan fingerprint density at radius 2 is 1.78 bits per heavy atom. The van der Waals surface area contributed by atoms with Gasteiger partial charge in [-0.15, -0.1) is 0 Å². The van der Waals surface area contributed by atoms with E-state index < -0.39 is 28.4 Å². The van der Waals surface area contributed by atoms with Gasteiger partial charge in [0.05, 0.1) is 11.0 Å². The minimum atomic E-state index is -0.913. The van der Waals surface area contributed by atoms with E-state index in [4.69, 9.17) is 4.74 Å². The van der Waals surface area contributed by atoms with Crippen molar-refractivity contribution in [3.63, 3.8) is 0 Å². The van der Waals surface area contributed by atoms with Crippen LogP contribution < -0.4 is 5.32 Å². The molecule has 0 unspecified atom stereocenters. The predicted octanol–water partition coefficient (Wildman–Crippen LogP) is 3.91. The van der Waals surface area contributed by atoms with E-state index >= 15 is 0 Å². The number of rotatable bonds is 6. The highest BCUT2D eigenvalue weighted by molar-refractivity contribution is 6.02. The highest BCUT2D eigenvalue weighted by Crippen LogP contribution is 2.17. The number of alkyl carbamates (subject to hydrolysis) is 1. The lowest BCUT2D eigenvalue weighted by atomic mass is 9.97. The number of amides is 1. The molecule has 0 spiro atoms. The number of carbonyl (C=O) groups is 2. The fourth-order valence-electron chi connectivity index (χ4n) is 2.48. The lowest BCUT2D eigenvalue weighted by Crippen LogP contribution is -2.44. The van der Waals surface area contributed by atoms with Gasteiger partial charge in [-0.2, -0.15) is 0 Å². The quantitative estimate of drug-likeness (QED) is 0.472. The van der Waals surface area contributed by atoms with E-state index in [0.29, 0.717) is 0 Å². The summed E-state index contributed by atoms with van der Waals surface area (Å²) in [6.45, 7) is 5.17. The summed E-state index contributed by atoms with van der Waals surface area (Å²) in [5.74, 6) is -0.423. The van der Waals surface area contributed by atoms with Crippen LogP contribution >= 0.6 is 0 Å². The zero-order valence-corrected chi connectivity index (χ0v) is 15.5. The first-order chi connectivity index (χ1) is 12.7. The van der Waals surface area contributed by atoms with Gasteiger partial charge in [-0.05, 0) is 26.3 Å². The third kappa shape index (κ3) is 6.22. The smallest absolute Gasteiger partial charge is 0.408 e. The molecule has 0 fully saturated rings. The van der Waals surface area contributed by atoms with E-state index in [1.54, 1.807) is 20.8 Å². The topological polar surface area (TPSA) is 98.5 Å². The molecule has 0 saturated carbocycles. The van der Waals surface area contributed by atoms with Crippen molar-refractivity contribution in [3.8, 4) is 0 Å². The van der Waals surface area contributed by atoms with Crippen LogP contribution in [0.5, 0.6) is 0 Å². The highest BCUT2D eigenvalue weighted by Gasteiger charge is 2.26.